The molecule has 3 heterocycles. The zero-order valence-electron chi connectivity index (χ0n) is 13.8. The number of carbonyl (C=O) groups excluding carboxylic acids is 1. The van der Waals surface area contributed by atoms with Gasteiger partial charge in [-0.25, -0.2) is 0 Å². The van der Waals surface area contributed by atoms with Crippen LogP contribution in [-0.2, 0) is 0 Å². The van der Waals surface area contributed by atoms with Crippen molar-refractivity contribution in [3.8, 4) is 0 Å². The first-order valence-corrected chi connectivity index (χ1v) is 9.13. The highest BCUT2D eigenvalue weighted by molar-refractivity contribution is 7.05. The number of nitrogens with zero attached hydrogens (tertiary/aromatic N) is 4. The van der Waals surface area contributed by atoms with Crippen LogP contribution in [0, 0.1) is 0 Å². The zero-order valence-corrected chi connectivity index (χ0v) is 14.7. The number of carbonyl (C=O) groups is 1. The van der Waals surface area contributed by atoms with E-state index in [4.69, 9.17) is 0 Å². The van der Waals surface area contributed by atoms with Crippen molar-refractivity contribution in [2.24, 2.45) is 0 Å². The lowest BCUT2D eigenvalue weighted by Gasteiger charge is -2.35. The molecule has 0 aliphatic carbocycles. The maximum atomic E-state index is 12.8. The summed E-state index contributed by atoms with van der Waals surface area (Å²) < 4.78 is 4.00. The minimum atomic E-state index is 0.0788. The fourth-order valence-electron chi connectivity index (χ4n) is 3.96. The SMILES string of the molecule is CC(C)c1snnc1C(=O)N1CCC[C@]2(CCCN2C)CC1. The number of hydrogen-bond acceptors (Lipinski definition) is 5. The Morgan fingerprint density at radius 3 is 2.55 bits per heavy atom. The quantitative estimate of drug-likeness (QED) is 0.840. The highest BCUT2D eigenvalue weighted by Crippen LogP contribution is 2.37. The summed E-state index contributed by atoms with van der Waals surface area (Å²) >= 11 is 1.36. The monoisotopic (exact) mass is 322 g/mol. The Balaban J connectivity index is 1.73. The van der Waals surface area contributed by atoms with Gasteiger partial charge in [-0.05, 0) is 63.1 Å². The Labute approximate surface area is 136 Å². The van der Waals surface area contributed by atoms with E-state index in [1.807, 2.05) is 4.90 Å². The molecule has 22 heavy (non-hydrogen) atoms. The molecule has 2 aliphatic rings. The predicted molar refractivity (Wildman–Crippen MR) is 88.3 cm³/mol. The molecule has 0 radical (unpaired) electrons. The predicted octanol–water partition coefficient (Wildman–Crippen LogP) is 2.75. The van der Waals surface area contributed by atoms with Crippen LogP contribution in [0.1, 0.15) is 67.2 Å². The van der Waals surface area contributed by atoms with Gasteiger partial charge in [-0.1, -0.05) is 18.3 Å². The van der Waals surface area contributed by atoms with Crippen LogP contribution in [0.5, 0.6) is 0 Å². The fourth-order valence-corrected chi connectivity index (χ4v) is 4.60. The molecular formula is C16H26N4OS. The highest BCUT2D eigenvalue weighted by Gasteiger charge is 2.40. The third kappa shape index (κ3) is 2.78. The molecule has 1 atom stereocenters. The third-order valence-corrected chi connectivity index (χ3v) is 6.41. The molecule has 0 N–H and O–H groups in total. The smallest absolute Gasteiger partial charge is 0.275 e. The van der Waals surface area contributed by atoms with Crippen molar-refractivity contribution in [2.75, 3.05) is 26.7 Å². The van der Waals surface area contributed by atoms with Gasteiger partial charge in [0.1, 0.15) is 0 Å². The Bertz CT molecular complexity index is 544. The number of aromatic nitrogens is 2. The van der Waals surface area contributed by atoms with Gasteiger partial charge in [0.2, 0.25) is 0 Å². The van der Waals surface area contributed by atoms with Crippen molar-refractivity contribution in [1.29, 1.82) is 0 Å². The molecule has 2 aliphatic heterocycles. The Kier molecular flexibility index (Phi) is 4.50. The molecule has 1 aromatic rings. The lowest BCUT2D eigenvalue weighted by molar-refractivity contribution is 0.0742. The van der Waals surface area contributed by atoms with Crippen LogP contribution in [0.3, 0.4) is 0 Å². The van der Waals surface area contributed by atoms with E-state index in [0.717, 1.165) is 30.8 Å². The Morgan fingerprint density at radius 1 is 1.18 bits per heavy atom. The zero-order chi connectivity index (χ0) is 15.7. The molecule has 1 aromatic heterocycles. The molecule has 0 aromatic carbocycles. The summed E-state index contributed by atoms with van der Waals surface area (Å²) in [5, 5.41) is 4.11. The van der Waals surface area contributed by atoms with Gasteiger partial charge in [-0.3, -0.25) is 4.79 Å². The molecule has 3 rings (SSSR count). The first-order chi connectivity index (χ1) is 10.5. The minimum absolute atomic E-state index is 0.0788. The van der Waals surface area contributed by atoms with Gasteiger partial charge in [-0.2, -0.15) is 0 Å². The third-order valence-electron chi connectivity index (χ3n) is 5.39. The van der Waals surface area contributed by atoms with E-state index in [1.54, 1.807) is 0 Å². The van der Waals surface area contributed by atoms with E-state index in [-0.39, 0.29) is 5.91 Å². The summed E-state index contributed by atoms with van der Waals surface area (Å²) in [5.74, 6) is 0.383. The van der Waals surface area contributed by atoms with Crippen LogP contribution < -0.4 is 0 Å². The molecular weight excluding hydrogens is 296 g/mol. The van der Waals surface area contributed by atoms with E-state index in [2.05, 4.69) is 35.4 Å². The number of likely N-dealkylation sites (tertiary alicyclic amines) is 2. The van der Waals surface area contributed by atoms with Crippen molar-refractivity contribution >= 4 is 17.4 Å². The van der Waals surface area contributed by atoms with Gasteiger partial charge in [0.25, 0.3) is 5.91 Å². The van der Waals surface area contributed by atoms with Crippen LogP contribution in [-0.4, -0.2) is 57.5 Å². The molecule has 1 amide bonds. The summed E-state index contributed by atoms with van der Waals surface area (Å²) in [5.41, 5.74) is 0.909. The lowest BCUT2D eigenvalue weighted by Crippen LogP contribution is -2.42. The maximum Gasteiger partial charge on any atom is 0.275 e. The second kappa shape index (κ2) is 6.24. The van der Waals surface area contributed by atoms with Gasteiger partial charge in [0, 0.05) is 18.6 Å². The van der Waals surface area contributed by atoms with Crippen molar-refractivity contribution in [3.05, 3.63) is 10.6 Å². The molecule has 0 saturated carbocycles. The maximum absolute atomic E-state index is 12.8. The first-order valence-electron chi connectivity index (χ1n) is 8.36. The summed E-state index contributed by atoms with van der Waals surface area (Å²) in [6.45, 7) is 7.08. The number of hydrogen-bond donors (Lipinski definition) is 0. The van der Waals surface area contributed by atoms with Crippen molar-refractivity contribution in [3.63, 3.8) is 0 Å². The van der Waals surface area contributed by atoms with Crippen LogP contribution >= 0.6 is 11.5 Å². The highest BCUT2D eigenvalue weighted by atomic mass is 32.1. The molecule has 2 fully saturated rings. The number of rotatable bonds is 2. The standard InChI is InChI=1S/C16H26N4OS/c1-12(2)14-13(17-18-22-14)15(21)20-10-5-7-16(8-11-20)6-4-9-19(16)3/h12H,4-11H2,1-3H3/t16-/m1/s1. The summed E-state index contributed by atoms with van der Waals surface area (Å²) in [6.07, 6.45) is 5.95. The summed E-state index contributed by atoms with van der Waals surface area (Å²) in [6, 6.07) is 0. The second-order valence-corrected chi connectivity index (χ2v) is 7.82. The Morgan fingerprint density at radius 2 is 1.91 bits per heavy atom. The van der Waals surface area contributed by atoms with E-state index in [0.29, 0.717) is 17.2 Å². The summed E-state index contributed by atoms with van der Waals surface area (Å²) in [7, 11) is 2.24. The summed E-state index contributed by atoms with van der Waals surface area (Å²) in [4.78, 5) is 18.4. The van der Waals surface area contributed by atoms with Gasteiger partial charge in [-0.15, -0.1) is 5.10 Å². The van der Waals surface area contributed by atoms with E-state index in [1.165, 1.54) is 37.3 Å². The van der Waals surface area contributed by atoms with Gasteiger partial charge in [0.15, 0.2) is 5.69 Å². The fraction of sp³-hybridized carbons (Fsp3) is 0.812. The molecule has 0 bridgehead atoms. The van der Waals surface area contributed by atoms with Crippen LogP contribution in [0.15, 0.2) is 0 Å². The van der Waals surface area contributed by atoms with Crippen LogP contribution in [0.4, 0.5) is 0 Å². The van der Waals surface area contributed by atoms with Crippen molar-refractivity contribution in [2.45, 2.75) is 57.4 Å². The lowest BCUT2D eigenvalue weighted by atomic mass is 9.88. The molecule has 122 valence electrons. The van der Waals surface area contributed by atoms with Crippen LogP contribution in [0.25, 0.3) is 0 Å². The number of amides is 1. The topological polar surface area (TPSA) is 49.3 Å². The van der Waals surface area contributed by atoms with E-state index >= 15 is 0 Å². The molecule has 6 heteroatoms. The largest absolute Gasteiger partial charge is 0.337 e. The average molecular weight is 322 g/mol. The van der Waals surface area contributed by atoms with Crippen molar-refractivity contribution in [1.82, 2.24) is 19.4 Å². The average Bonchev–Trinajstić information content (AvgIpc) is 3.03. The molecule has 1 spiro atoms. The van der Waals surface area contributed by atoms with Gasteiger partial charge in [0.05, 0.1) is 4.88 Å². The normalized spacial score (nSPS) is 26.8. The second-order valence-electron chi connectivity index (χ2n) is 7.04. The Hall–Kier alpha value is -1.01. The van der Waals surface area contributed by atoms with Crippen molar-refractivity contribution < 1.29 is 4.79 Å². The molecule has 0 unspecified atom stereocenters. The molecule has 2 saturated heterocycles. The van der Waals surface area contributed by atoms with Gasteiger partial charge < -0.3 is 9.80 Å². The van der Waals surface area contributed by atoms with Gasteiger partial charge >= 0.3 is 0 Å². The van der Waals surface area contributed by atoms with E-state index < -0.39 is 0 Å². The molecule has 5 nitrogen and oxygen atoms in total. The van der Waals surface area contributed by atoms with E-state index in [9.17, 15) is 4.79 Å². The minimum Gasteiger partial charge on any atom is -0.337 e. The van der Waals surface area contributed by atoms with Crippen LogP contribution in [0.2, 0.25) is 0 Å². The first kappa shape index (κ1) is 15.9.